The summed E-state index contributed by atoms with van der Waals surface area (Å²) in [5.41, 5.74) is 7.06. The molecule has 4 N–H and O–H groups in total. The lowest BCUT2D eigenvalue weighted by Gasteiger charge is -2.49. The first-order valence-corrected chi connectivity index (χ1v) is 14.0. The van der Waals surface area contributed by atoms with Crippen molar-refractivity contribution >= 4 is 63.5 Å². The van der Waals surface area contributed by atoms with E-state index in [1.807, 2.05) is 30.3 Å². The fourth-order valence-electron chi connectivity index (χ4n) is 3.91. The lowest BCUT2D eigenvalue weighted by Crippen LogP contribution is -2.71. The topological polar surface area (TPSA) is 173 Å². The average molecular weight is 573 g/mol. The van der Waals surface area contributed by atoms with E-state index in [1.165, 1.54) is 35.5 Å². The third-order valence-electron chi connectivity index (χ3n) is 5.61. The molecule has 0 saturated carbocycles. The van der Waals surface area contributed by atoms with Crippen LogP contribution in [0, 0.1) is 0 Å². The molecule has 2 aliphatic rings. The maximum Gasteiger partial charge on any atom is 0.352 e. The fraction of sp³-hybridized carbons (Fsp3) is 0.217. The number of rotatable bonds is 9. The van der Waals surface area contributed by atoms with Crippen LogP contribution in [0.4, 0.5) is 5.13 Å². The number of aliphatic carboxylic acids is 1. The number of amides is 2. The Labute approximate surface area is 228 Å². The number of aromatic nitrogens is 2. The minimum absolute atomic E-state index is 0.0929. The van der Waals surface area contributed by atoms with Gasteiger partial charge in [-0.25, -0.2) is 14.8 Å². The van der Waals surface area contributed by atoms with E-state index in [4.69, 9.17) is 15.0 Å². The molecule has 5 rings (SSSR count). The number of thiazole rings is 1. The second kappa shape index (κ2) is 10.9. The van der Waals surface area contributed by atoms with Crippen LogP contribution < -0.4 is 11.1 Å². The number of carboxylic acid groups (broad SMARTS) is 1. The Bertz CT molecular complexity index is 1450. The Balaban J connectivity index is 1.28. The quantitative estimate of drug-likeness (QED) is 0.149. The maximum absolute atomic E-state index is 13.0. The second-order valence-electron chi connectivity index (χ2n) is 7.96. The van der Waals surface area contributed by atoms with Crippen molar-refractivity contribution in [1.82, 2.24) is 20.2 Å². The summed E-state index contributed by atoms with van der Waals surface area (Å²) in [6.45, 7) is 0. The predicted octanol–water partition coefficient (Wildman–Crippen LogP) is 2.26. The first-order valence-electron chi connectivity index (χ1n) is 11.0. The van der Waals surface area contributed by atoms with Gasteiger partial charge in [-0.15, -0.1) is 23.1 Å². The highest BCUT2D eigenvalue weighted by molar-refractivity contribution is 8.01. The van der Waals surface area contributed by atoms with Gasteiger partial charge in [-0.05, 0) is 5.57 Å². The van der Waals surface area contributed by atoms with Gasteiger partial charge in [-0.1, -0.05) is 47.2 Å². The molecular formula is C23H20N6O6S3. The van der Waals surface area contributed by atoms with Crippen LogP contribution in [-0.2, 0) is 19.2 Å². The summed E-state index contributed by atoms with van der Waals surface area (Å²) in [7, 11) is 1.28. The number of carbonyl (C=O) groups excluding carboxylic acids is 2. The number of nitrogens with two attached hydrogens (primary N) is 1. The summed E-state index contributed by atoms with van der Waals surface area (Å²) in [5.74, 6) is -1.22. The number of anilines is 1. The van der Waals surface area contributed by atoms with Gasteiger partial charge in [-0.3, -0.25) is 14.5 Å². The van der Waals surface area contributed by atoms with Crippen LogP contribution in [0.1, 0.15) is 5.69 Å². The SMILES string of the molecule is CON=C(C(=O)N[C@@H]1C(=O)N2C(C(=O)O)=C(CSc3ncc(-c4ccccc4)o3)CS[C@H]12)c1csc(N)n1. The molecule has 15 heteroatoms. The van der Waals surface area contributed by atoms with E-state index >= 15 is 0 Å². The van der Waals surface area contributed by atoms with E-state index in [-0.39, 0.29) is 28.0 Å². The Morgan fingerprint density at radius 3 is 2.84 bits per heavy atom. The minimum atomic E-state index is -1.22. The van der Waals surface area contributed by atoms with Gasteiger partial charge < -0.3 is 25.4 Å². The molecule has 0 radical (unpaired) electrons. The summed E-state index contributed by atoms with van der Waals surface area (Å²) in [6.07, 6.45) is 1.61. The van der Waals surface area contributed by atoms with Crippen LogP contribution in [0.3, 0.4) is 0 Å². The molecule has 3 aromatic rings. The third kappa shape index (κ3) is 4.99. The summed E-state index contributed by atoms with van der Waals surface area (Å²) in [6, 6.07) is 8.56. The summed E-state index contributed by atoms with van der Waals surface area (Å²) < 4.78 is 5.79. The van der Waals surface area contributed by atoms with Crippen molar-refractivity contribution < 1.29 is 28.7 Å². The average Bonchev–Trinajstić information content (AvgIpc) is 3.58. The Morgan fingerprint density at radius 2 is 2.16 bits per heavy atom. The molecular weight excluding hydrogens is 552 g/mol. The van der Waals surface area contributed by atoms with Gasteiger partial charge >= 0.3 is 5.97 Å². The molecule has 0 aliphatic carbocycles. The molecule has 2 aromatic heterocycles. The van der Waals surface area contributed by atoms with E-state index in [1.54, 1.807) is 11.6 Å². The number of β-lactam (4-membered cyclic amide) rings is 1. The molecule has 2 atom stereocenters. The molecule has 4 heterocycles. The van der Waals surface area contributed by atoms with Crippen LogP contribution >= 0.6 is 34.9 Å². The highest BCUT2D eigenvalue weighted by atomic mass is 32.2. The van der Waals surface area contributed by atoms with Crippen molar-refractivity contribution in [1.29, 1.82) is 0 Å². The van der Waals surface area contributed by atoms with Gasteiger partial charge in [-0.2, -0.15) is 0 Å². The van der Waals surface area contributed by atoms with Crippen molar-refractivity contribution in [3.8, 4) is 11.3 Å². The second-order valence-corrected chi connectivity index (χ2v) is 10.9. The van der Waals surface area contributed by atoms with Crippen molar-refractivity contribution in [2.75, 3.05) is 24.3 Å². The van der Waals surface area contributed by atoms with Crippen LogP contribution in [0.5, 0.6) is 0 Å². The van der Waals surface area contributed by atoms with E-state index in [0.717, 1.165) is 16.9 Å². The van der Waals surface area contributed by atoms with Gasteiger partial charge in [0.25, 0.3) is 17.0 Å². The van der Waals surface area contributed by atoms with Gasteiger partial charge in [0.1, 0.15) is 29.9 Å². The smallest absolute Gasteiger partial charge is 0.352 e. The highest BCUT2D eigenvalue weighted by Crippen LogP contribution is 2.41. The zero-order valence-electron chi connectivity index (χ0n) is 19.7. The highest BCUT2D eigenvalue weighted by Gasteiger charge is 2.54. The Morgan fingerprint density at radius 1 is 1.37 bits per heavy atom. The molecule has 0 unspecified atom stereocenters. The van der Waals surface area contributed by atoms with Crippen molar-refractivity contribution in [3.05, 3.63) is 58.9 Å². The summed E-state index contributed by atoms with van der Waals surface area (Å²) >= 11 is 3.73. The lowest BCUT2D eigenvalue weighted by molar-refractivity contribution is -0.150. The van der Waals surface area contributed by atoms with E-state index < -0.39 is 29.2 Å². The van der Waals surface area contributed by atoms with Crippen LogP contribution in [-0.4, -0.2) is 73.5 Å². The normalized spacial score (nSPS) is 19.1. The number of hydrogen-bond donors (Lipinski definition) is 3. The van der Waals surface area contributed by atoms with Gasteiger partial charge in [0.2, 0.25) is 0 Å². The summed E-state index contributed by atoms with van der Waals surface area (Å²) in [5, 5.41) is 17.9. The molecule has 1 aromatic carbocycles. The number of carbonyl (C=O) groups is 3. The van der Waals surface area contributed by atoms with E-state index in [0.29, 0.717) is 22.3 Å². The number of carboxylic acids is 1. The predicted molar refractivity (Wildman–Crippen MR) is 142 cm³/mol. The van der Waals surface area contributed by atoms with Crippen LogP contribution in [0.15, 0.2) is 68.0 Å². The minimum Gasteiger partial charge on any atom is -0.477 e. The van der Waals surface area contributed by atoms with Gasteiger partial charge in [0, 0.05) is 22.4 Å². The Kier molecular flexibility index (Phi) is 7.40. The van der Waals surface area contributed by atoms with Crippen LogP contribution in [0.25, 0.3) is 11.3 Å². The van der Waals surface area contributed by atoms with Gasteiger partial charge in [0.15, 0.2) is 16.6 Å². The fourth-order valence-corrected chi connectivity index (χ4v) is 6.74. The number of nitrogens with one attached hydrogen (secondary N) is 1. The molecule has 2 amide bonds. The number of fused-ring (bicyclic) bond motifs is 1. The van der Waals surface area contributed by atoms with E-state index in [9.17, 15) is 19.5 Å². The Hall–Kier alpha value is -3.82. The molecule has 1 saturated heterocycles. The summed E-state index contributed by atoms with van der Waals surface area (Å²) in [4.78, 5) is 52.3. The largest absolute Gasteiger partial charge is 0.477 e. The number of nitrogen functional groups attached to an aromatic ring is 1. The molecule has 1 fully saturated rings. The third-order valence-corrected chi connectivity index (χ3v) is 8.55. The number of nitrogens with zero attached hydrogens (tertiary/aromatic N) is 4. The molecule has 196 valence electrons. The number of thioether (sulfide) groups is 2. The zero-order chi connectivity index (χ0) is 26.8. The van der Waals surface area contributed by atoms with Crippen molar-refractivity contribution in [3.63, 3.8) is 0 Å². The molecule has 38 heavy (non-hydrogen) atoms. The lowest BCUT2D eigenvalue weighted by atomic mass is 10.0. The zero-order valence-corrected chi connectivity index (χ0v) is 22.1. The van der Waals surface area contributed by atoms with Crippen molar-refractivity contribution in [2.45, 2.75) is 16.6 Å². The van der Waals surface area contributed by atoms with Gasteiger partial charge in [0.05, 0.1) is 6.20 Å². The maximum atomic E-state index is 13.0. The standard InChI is InChI=1S/C23H20N6O6S3/c1-34-28-15(13-10-37-22(24)26-13)18(30)27-16-19(31)29-17(21(32)33)12(8-36-20(16)29)9-38-23-25-7-14(35-23)11-5-3-2-4-6-11/h2-7,10,16,20H,8-9H2,1H3,(H2,24,26)(H,27,30)(H,32,33)/t16-,20-/m1/s1. The first kappa shape index (κ1) is 25.8. The molecule has 0 spiro atoms. The van der Waals surface area contributed by atoms with E-state index in [2.05, 4.69) is 20.4 Å². The van der Waals surface area contributed by atoms with Crippen LogP contribution in [0.2, 0.25) is 0 Å². The van der Waals surface area contributed by atoms with Crippen molar-refractivity contribution in [2.24, 2.45) is 5.16 Å². The monoisotopic (exact) mass is 572 g/mol. The number of oxime groups is 1. The number of hydrogen-bond acceptors (Lipinski definition) is 12. The first-order chi connectivity index (χ1) is 18.4. The number of benzene rings is 1. The molecule has 2 aliphatic heterocycles. The molecule has 0 bridgehead atoms. The number of oxazole rings is 1. The molecule has 12 nitrogen and oxygen atoms in total.